The third-order valence-corrected chi connectivity index (χ3v) is 3.02. The zero-order valence-electron chi connectivity index (χ0n) is 12.0. The second-order valence-electron chi connectivity index (χ2n) is 4.52. The number of aryl methyl sites for hydroxylation is 1. The Morgan fingerprint density at radius 1 is 1.32 bits per heavy atom. The highest BCUT2D eigenvalue weighted by Gasteiger charge is 2.15. The van der Waals surface area contributed by atoms with Gasteiger partial charge in [-0.15, -0.1) is 0 Å². The van der Waals surface area contributed by atoms with E-state index in [0.717, 1.165) is 18.1 Å². The van der Waals surface area contributed by atoms with Crippen LogP contribution in [0.1, 0.15) is 18.4 Å². The van der Waals surface area contributed by atoms with Gasteiger partial charge in [-0.05, 0) is 19.9 Å². The highest BCUT2D eigenvalue weighted by Crippen LogP contribution is 2.10. The van der Waals surface area contributed by atoms with Gasteiger partial charge < -0.3 is 9.47 Å². The molecule has 0 saturated carbocycles. The standard InChI is InChI=1S/C13H22ClN3O2/c1-10-7-12(14)16-13(15-10)8-17(5-6-18-3)11(2)9-19-4/h7,11H,5-6,8-9H2,1-4H3. The topological polar surface area (TPSA) is 47.5 Å². The SMILES string of the molecule is COCCN(Cc1nc(C)cc(Cl)n1)C(C)COC. The number of nitrogens with zero attached hydrogens (tertiary/aromatic N) is 3. The summed E-state index contributed by atoms with van der Waals surface area (Å²) in [5.74, 6) is 0.726. The zero-order valence-corrected chi connectivity index (χ0v) is 12.8. The van der Waals surface area contributed by atoms with Gasteiger partial charge >= 0.3 is 0 Å². The van der Waals surface area contributed by atoms with Crippen molar-refractivity contribution in [1.82, 2.24) is 14.9 Å². The molecule has 6 heteroatoms. The summed E-state index contributed by atoms with van der Waals surface area (Å²) in [6.07, 6.45) is 0. The van der Waals surface area contributed by atoms with Crippen molar-refractivity contribution >= 4 is 11.6 Å². The average Bonchev–Trinajstić information content (AvgIpc) is 2.33. The average molecular weight is 288 g/mol. The Hall–Kier alpha value is -0.750. The quantitative estimate of drug-likeness (QED) is 0.684. The van der Waals surface area contributed by atoms with E-state index in [1.165, 1.54) is 0 Å². The van der Waals surface area contributed by atoms with E-state index in [1.54, 1.807) is 20.3 Å². The van der Waals surface area contributed by atoms with E-state index in [1.807, 2.05) is 6.92 Å². The molecule has 5 nitrogen and oxygen atoms in total. The minimum atomic E-state index is 0.267. The minimum absolute atomic E-state index is 0.267. The van der Waals surface area contributed by atoms with Crippen LogP contribution in [0.4, 0.5) is 0 Å². The van der Waals surface area contributed by atoms with Crippen molar-refractivity contribution in [3.8, 4) is 0 Å². The number of aromatic nitrogens is 2. The molecule has 0 bridgehead atoms. The normalized spacial score (nSPS) is 12.9. The number of hydrogen-bond donors (Lipinski definition) is 0. The number of methoxy groups -OCH3 is 2. The molecule has 1 heterocycles. The molecule has 108 valence electrons. The van der Waals surface area contributed by atoms with Crippen molar-refractivity contribution < 1.29 is 9.47 Å². The third kappa shape index (κ3) is 5.82. The molecular weight excluding hydrogens is 266 g/mol. The summed E-state index contributed by atoms with van der Waals surface area (Å²) in [6, 6.07) is 2.02. The second-order valence-corrected chi connectivity index (χ2v) is 4.90. The van der Waals surface area contributed by atoms with E-state index in [4.69, 9.17) is 21.1 Å². The first kappa shape index (κ1) is 16.3. The summed E-state index contributed by atoms with van der Waals surface area (Å²) in [5.41, 5.74) is 0.876. The van der Waals surface area contributed by atoms with Crippen molar-refractivity contribution in [3.63, 3.8) is 0 Å². The third-order valence-electron chi connectivity index (χ3n) is 2.83. The predicted molar refractivity (Wildman–Crippen MR) is 75.4 cm³/mol. The summed E-state index contributed by atoms with van der Waals surface area (Å²) in [7, 11) is 3.39. The summed E-state index contributed by atoms with van der Waals surface area (Å²) in [6.45, 7) is 6.77. The van der Waals surface area contributed by atoms with Crippen molar-refractivity contribution in [2.24, 2.45) is 0 Å². The van der Waals surface area contributed by atoms with E-state index in [9.17, 15) is 0 Å². The maximum atomic E-state index is 5.96. The van der Waals surface area contributed by atoms with Gasteiger partial charge in [-0.1, -0.05) is 11.6 Å². The van der Waals surface area contributed by atoms with Crippen LogP contribution in [0.3, 0.4) is 0 Å². The van der Waals surface area contributed by atoms with E-state index in [0.29, 0.717) is 24.9 Å². The fourth-order valence-electron chi connectivity index (χ4n) is 1.85. The number of ether oxygens (including phenoxy) is 2. The molecule has 1 unspecified atom stereocenters. The molecule has 0 saturated heterocycles. The summed E-state index contributed by atoms with van der Waals surface area (Å²) < 4.78 is 10.3. The molecule has 0 amide bonds. The van der Waals surface area contributed by atoms with Gasteiger partial charge in [0.1, 0.15) is 11.0 Å². The van der Waals surface area contributed by atoms with Crippen LogP contribution in [0, 0.1) is 6.92 Å². The Morgan fingerprint density at radius 3 is 2.63 bits per heavy atom. The highest BCUT2D eigenvalue weighted by atomic mass is 35.5. The van der Waals surface area contributed by atoms with Gasteiger partial charge in [-0.3, -0.25) is 4.90 Å². The molecule has 0 aliphatic heterocycles. The highest BCUT2D eigenvalue weighted by molar-refractivity contribution is 6.29. The lowest BCUT2D eigenvalue weighted by Gasteiger charge is -2.27. The molecule has 0 radical (unpaired) electrons. The van der Waals surface area contributed by atoms with E-state index >= 15 is 0 Å². The summed E-state index contributed by atoms with van der Waals surface area (Å²) in [5, 5.41) is 0.480. The van der Waals surface area contributed by atoms with Crippen LogP contribution in [0.15, 0.2) is 6.07 Å². The van der Waals surface area contributed by atoms with Gasteiger partial charge in [0.15, 0.2) is 0 Å². The van der Waals surface area contributed by atoms with Crippen LogP contribution in [-0.2, 0) is 16.0 Å². The number of hydrogen-bond acceptors (Lipinski definition) is 5. The number of halogens is 1. The lowest BCUT2D eigenvalue weighted by molar-refractivity contribution is 0.0689. The van der Waals surface area contributed by atoms with Gasteiger partial charge in [0.2, 0.25) is 0 Å². The Bertz CT molecular complexity index is 370. The Labute approximate surface area is 119 Å². The van der Waals surface area contributed by atoms with Crippen molar-refractivity contribution in [2.45, 2.75) is 26.4 Å². The van der Waals surface area contributed by atoms with Gasteiger partial charge in [-0.2, -0.15) is 0 Å². The first-order valence-corrected chi connectivity index (χ1v) is 6.66. The monoisotopic (exact) mass is 287 g/mol. The Balaban J connectivity index is 2.74. The summed E-state index contributed by atoms with van der Waals surface area (Å²) in [4.78, 5) is 10.9. The Kier molecular flexibility index (Phi) is 7.23. The molecule has 1 aromatic heterocycles. The molecule has 0 spiro atoms. The van der Waals surface area contributed by atoms with Crippen LogP contribution in [0.5, 0.6) is 0 Å². The second kappa shape index (κ2) is 8.43. The molecule has 0 aliphatic rings. The van der Waals surface area contributed by atoms with Gasteiger partial charge in [0, 0.05) is 32.5 Å². The molecule has 0 aromatic carbocycles. The Morgan fingerprint density at radius 2 is 2.05 bits per heavy atom. The van der Waals surface area contributed by atoms with Crippen LogP contribution < -0.4 is 0 Å². The first-order chi connectivity index (χ1) is 9.06. The van der Waals surface area contributed by atoms with Crippen molar-refractivity contribution in [1.29, 1.82) is 0 Å². The van der Waals surface area contributed by atoms with Crippen LogP contribution in [0.2, 0.25) is 5.15 Å². The van der Waals surface area contributed by atoms with E-state index in [2.05, 4.69) is 21.8 Å². The fourth-order valence-corrected chi connectivity index (χ4v) is 2.11. The minimum Gasteiger partial charge on any atom is -0.383 e. The van der Waals surface area contributed by atoms with E-state index in [-0.39, 0.29) is 6.04 Å². The van der Waals surface area contributed by atoms with Crippen LogP contribution in [0.25, 0.3) is 0 Å². The van der Waals surface area contributed by atoms with Gasteiger partial charge in [-0.25, -0.2) is 9.97 Å². The fraction of sp³-hybridized carbons (Fsp3) is 0.692. The smallest absolute Gasteiger partial charge is 0.144 e. The van der Waals surface area contributed by atoms with Crippen molar-refractivity contribution in [2.75, 3.05) is 34.0 Å². The molecule has 1 atom stereocenters. The van der Waals surface area contributed by atoms with Crippen LogP contribution in [-0.4, -0.2) is 54.9 Å². The maximum absolute atomic E-state index is 5.96. The van der Waals surface area contributed by atoms with Gasteiger partial charge in [0.25, 0.3) is 0 Å². The lowest BCUT2D eigenvalue weighted by atomic mass is 10.3. The van der Waals surface area contributed by atoms with Gasteiger partial charge in [0.05, 0.1) is 19.8 Å². The molecule has 0 aliphatic carbocycles. The number of rotatable bonds is 8. The molecule has 0 fully saturated rings. The molecular formula is C13H22ClN3O2. The van der Waals surface area contributed by atoms with E-state index < -0.39 is 0 Å². The molecule has 19 heavy (non-hydrogen) atoms. The predicted octanol–water partition coefficient (Wildman–Crippen LogP) is 1.92. The zero-order chi connectivity index (χ0) is 14.3. The summed E-state index contributed by atoms with van der Waals surface area (Å²) >= 11 is 5.96. The maximum Gasteiger partial charge on any atom is 0.144 e. The first-order valence-electron chi connectivity index (χ1n) is 6.28. The van der Waals surface area contributed by atoms with Crippen molar-refractivity contribution in [3.05, 3.63) is 22.7 Å². The lowest BCUT2D eigenvalue weighted by Crippen LogP contribution is -2.38. The van der Waals surface area contributed by atoms with Crippen LogP contribution >= 0.6 is 11.6 Å². The molecule has 1 rings (SSSR count). The largest absolute Gasteiger partial charge is 0.383 e. The molecule has 0 N–H and O–H groups in total. The molecule has 1 aromatic rings.